The quantitative estimate of drug-likeness (QED) is 0.561. The van der Waals surface area contributed by atoms with E-state index in [0.717, 1.165) is 13.0 Å². The molecule has 0 saturated heterocycles. The molecule has 1 rings (SSSR count). The summed E-state index contributed by atoms with van der Waals surface area (Å²) < 4.78 is 0. The molecule has 1 aromatic rings. The molecule has 76 valence electrons. The maximum atomic E-state index is 10.1. The third kappa shape index (κ3) is 2.76. The van der Waals surface area contributed by atoms with Crippen LogP contribution in [0.15, 0.2) is 24.3 Å². The van der Waals surface area contributed by atoms with Crippen LogP contribution in [-0.2, 0) is 4.79 Å². The van der Waals surface area contributed by atoms with Crippen molar-refractivity contribution in [1.29, 1.82) is 0 Å². The van der Waals surface area contributed by atoms with Crippen molar-refractivity contribution in [3.8, 4) is 0 Å². The summed E-state index contributed by atoms with van der Waals surface area (Å²) in [5.41, 5.74) is 2.46. The van der Waals surface area contributed by atoms with Gasteiger partial charge >= 0.3 is 0 Å². The van der Waals surface area contributed by atoms with Gasteiger partial charge in [0, 0.05) is 25.8 Å². The molecule has 0 aliphatic carbocycles. The summed E-state index contributed by atoms with van der Waals surface area (Å²) in [6.07, 6.45) is 0.728. The Hall–Kier alpha value is -1.51. The van der Waals surface area contributed by atoms with Gasteiger partial charge in [0.25, 0.3) is 0 Å². The molecule has 3 nitrogen and oxygen atoms in total. The lowest BCUT2D eigenvalue weighted by Gasteiger charge is -2.20. The zero-order valence-electron chi connectivity index (χ0n) is 8.66. The van der Waals surface area contributed by atoms with Crippen LogP contribution in [0.25, 0.3) is 0 Å². The molecule has 1 aromatic carbocycles. The van der Waals surface area contributed by atoms with Crippen LogP contribution < -0.4 is 10.2 Å². The number of benzene rings is 1. The minimum atomic E-state index is 0.675. The van der Waals surface area contributed by atoms with Crippen molar-refractivity contribution in [3.63, 3.8) is 0 Å². The average Bonchev–Trinajstić information content (AvgIpc) is 2.18. The molecule has 0 aliphatic rings. The van der Waals surface area contributed by atoms with E-state index in [1.54, 1.807) is 0 Å². The molecule has 0 bridgehead atoms. The molecule has 0 unspecified atom stereocenters. The number of hydrogen-bond donors (Lipinski definition) is 1. The molecule has 0 aromatic heterocycles. The van der Waals surface area contributed by atoms with Crippen LogP contribution in [0.2, 0.25) is 0 Å². The number of aryl methyl sites for hydroxylation is 1. The van der Waals surface area contributed by atoms with E-state index in [-0.39, 0.29) is 0 Å². The number of likely N-dealkylation sites (N-methyl/N-ethyl adjacent to an activating group) is 1. The van der Waals surface area contributed by atoms with E-state index in [2.05, 4.69) is 29.3 Å². The lowest BCUT2D eigenvalue weighted by molar-refractivity contribution is -0.109. The minimum absolute atomic E-state index is 0.675. The maximum Gasteiger partial charge on any atom is 0.207 e. The zero-order valence-corrected chi connectivity index (χ0v) is 8.66. The Bertz CT molecular complexity index is 299. The summed E-state index contributed by atoms with van der Waals surface area (Å²) in [5.74, 6) is 0. The molecular formula is C11H16N2O. The second kappa shape index (κ2) is 5.27. The van der Waals surface area contributed by atoms with Crippen molar-refractivity contribution >= 4 is 12.1 Å². The van der Waals surface area contributed by atoms with E-state index in [9.17, 15) is 4.79 Å². The van der Waals surface area contributed by atoms with Gasteiger partial charge in [-0.05, 0) is 18.6 Å². The third-order valence-corrected chi connectivity index (χ3v) is 2.20. The Kier molecular flexibility index (Phi) is 3.98. The number of anilines is 1. The van der Waals surface area contributed by atoms with Gasteiger partial charge in [0.2, 0.25) is 6.41 Å². The SMILES string of the molecule is Cc1ccccc1N(C)CCNC=O. The Balaban J connectivity index is 2.55. The van der Waals surface area contributed by atoms with Crippen LogP contribution in [-0.4, -0.2) is 26.5 Å². The molecule has 0 aliphatic heterocycles. The average molecular weight is 192 g/mol. The number of hydrogen-bond acceptors (Lipinski definition) is 2. The van der Waals surface area contributed by atoms with Crippen LogP contribution in [0.4, 0.5) is 5.69 Å². The van der Waals surface area contributed by atoms with E-state index in [1.807, 2.05) is 19.2 Å². The molecule has 14 heavy (non-hydrogen) atoms. The lowest BCUT2D eigenvalue weighted by Crippen LogP contribution is -2.28. The van der Waals surface area contributed by atoms with Gasteiger partial charge < -0.3 is 10.2 Å². The first-order valence-corrected chi connectivity index (χ1v) is 4.69. The monoisotopic (exact) mass is 192 g/mol. The fraction of sp³-hybridized carbons (Fsp3) is 0.364. The van der Waals surface area contributed by atoms with Gasteiger partial charge in [-0.1, -0.05) is 18.2 Å². The Morgan fingerprint density at radius 3 is 2.79 bits per heavy atom. The second-order valence-electron chi connectivity index (χ2n) is 3.28. The highest BCUT2D eigenvalue weighted by molar-refractivity contribution is 5.52. The number of para-hydroxylation sites is 1. The topological polar surface area (TPSA) is 32.3 Å². The third-order valence-electron chi connectivity index (χ3n) is 2.20. The van der Waals surface area contributed by atoms with Crippen molar-refractivity contribution < 1.29 is 4.79 Å². The Morgan fingerprint density at radius 2 is 2.14 bits per heavy atom. The number of rotatable bonds is 5. The van der Waals surface area contributed by atoms with Gasteiger partial charge in [0.1, 0.15) is 0 Å². The number of amides is 1. The molecule has 0 spiro atoms. The fourth-order valence-electron chi connectivity index (χ4n) is 1.40. The molecule has 3 heteroatoms. The predicted octanol–water partition coefficient (Wildman–Crippen LogP) is 1.18. The van der Waals surface area contributed by atoms with Gasteiger partial charge in [-0.15, -0.1) is 0 Å². The number of nitrogens with one attached hydrogen (secondary N) is 1. The molecule has 0 saturated carbocycles. The smallest absolute Gasteiger partial charge is 0.207 e. The maximum absolute atomic E-state index is 10.1. The van der Waals surface area contributed by atoms with Crippen LogP contribution in [0, 0.1) is 6.92 Å². The summed E-state index contributed by atoms with van der Waals surface area (Å²) in [5, 5.41) is 2.65. The first kappa shape index (κ1) is 10.6. The van der Waals surface area contributed by atoms with E-state index in [4.69, 9.17) is 0 Å². The van der Waals surface area contributed by atoms with E-state index < -0.39 is 0 Å². The summed E-state index contributed by atoms with van der Waals surface area (Å²) >= 11 is 0. The molecule has 0 atom stereocenters. The van der Waals surface area contributed by atoms with Crippen molar-refractivity contribution in [2.45, 2.75) is 6.92 Å². The van der Waals surface area contributed by atoms with E-state index >= 15 is 0 Å². The Labute approximate surface area is 84.7 Å². The van der Waals surface area contributed by atoms with Crippen molar-refractivity contribution in [1.82, 2.24) is 5.32 Å². The normalized spacial score (nSPS) is 9.57. The summed E-state index contributed by atoms with van der Waals surface area (Å²) in [7, 11) is 2.02. The van der Waals surface area contributed by atoms with Gasteiger partial charge in [-0.2, -0.15) is 0 Å². The van der Waals surface area contributed by atoms with E-state index in [0.29, 0.717) is 6.54 Å². The van der Waals surface area contributed by atoms with Crippen LogP contribution >= 0.6 is 0 Å². The van der Waals surface area contributed by atoms with Crippen molar-refractivity contribution in [2.75, 3.05) is 25.0 Å². The van der Waals surface area contributed by atoms with Gasteiger partial charge in [0.05, 0.1) is 0 Å². The summed E-state index contributed by atoms with van der Waals surface area (Å²) in [4.78, 5) is 12.2. The molecular weight excluding hydrogens is 176 g/mol. The van der Waals surface area contributed by atoms with Crippen LogP contribution in [0.5, 0.6) is 0 Å². The summed E-state index contributed by atoms with van der Waals surface area (Å²) in [6.45, 7) is 3.58. The highest BCUT2D eigenvalue weighted by Gasteiger charge is 2.01. The highest BCUT2D eigenvalue weighted by atomic mass is 16.1. The molecule has 1 amide bonds. The number of nitrogens with zero attached hydrogens (tertiary/aromatic N) is 1. The predicted molar refractivity (Wildman–Crippen MR) is 58.5 cm³/mol. The van der Waals surface area contributed by atoms with Crippen LogP contribution in [0.1, 0.15) is 5.56 Å². The van der Waals surface area contributed by atoms with Crippen molar-refractivity contribution in [2.24, 2.45) is 0 Å². The second-order valence-corrected chi connectivity index (χ2v) is 3.28. The van der Waals surface area contributed by atoms with E-state index in [1.165, 1.54) is 11.3 Å². The molecule has 1 N–H and O–H groups in total. The summed E-state index contributed by atoms with van der Waals surface area (Å²) in [6, 6.07) is 8.21. The number of carbonyl (C=O) groups excluding carboxylic acids is 1. The van der Waals surface area contributed by atoms with Gasteiger partial charge in [0.15, 0.2) is 0 Å². The minimum Gasteiger partial charge on any atom is -0.373 e. The van der Waals surface area contributed by atoms with Gasteiger partial charge in [-0.3, -0.25) is 4.79 Å². The Morgan fingerprint density at radius 1 is 1.43 bits per heavy atom. The fourth-order valence-corrected chi connectivity index (χ4v) is 1.40. The largest absolute Gasteiger partial charge is 0.373 e. The molecule has 0 fully saturated rings. The first-order valence-electron chi connectivity index (χ1n) is 4.69. The standard InChI is InChI=1S/C11H16N2O/c1-10-5-3-4-6-11(10)13(2)8-7-12-9-14/h3-6,9H,7-8H2,1-2H3,(H,12,14). The zero-order chi connectivity index (χ0) is 10.4. The van der Waals surface area contributed by atoms with Gasteiger partial charge in [-0.25, -0.2) is 0 Å². The molecule has 0 radical (unpaired) electrons. The highest BCUT2D eigenvalue weighted by Crippen LogP contribution is 2.16. The van der Waals surface area contributed by atoms with Crippen LogP contribution in [0.3, 0.4) is 0 Å². The lowest BCUT2D eigenvalue weighted by atomic mass is 10.2. The molecule has 0 heterocycles. The van der Waals surface area contributed by atoms with Crippen molar-refractivity contribution in [3.05, 3.63) is 29.8 Å². The number of carbonyl (C=O) groups is 1. The first-order chi connectivity index (χ1) is 6.75.